The normalized spacial score (nSPS) is 11.9. The molecule has 0 fully saturated rings. The minimum absolute atomic E-state index is 0.0425. The van der Waals surface area contributed by atoms with Gasteiger partial charge in [-0.05, 0) is 25.5 Å². The summed E-state index contributed by atoms with van der Waals surface area (Å²) in [6.45, 7) is 4.35. The monoisotopic (exact) mass is 234 g/mol. The topological polar surface area (TPSA) is 69.8 Å². The fourth-order valence-electron chi connectivity index (χ4n) is 1.62. The number of carbonyl (C=O) groups is 1. The van der Waals surface area contributed by atoms with Crippen LogP contribution in [0.15, 0.2) is 6.07 Å². The molecular formula is C12H18N4O. The van der Waals surface area contributed by atoms with Crippen molar-refractivity contribution in [1.82, 2.24) is 15.2 Å². The highest BCUT2D eigenvalue weighted by Crippen LogP contribution is 2.13. The molecule has 0 saturated heterocycles. The van der Waals surface area contributed by atoms with E-state index in [1.54, 1.807) is 7.05 Å². The molecule has 0 bridgehead atoms. The van der Waals surface area contributed by atoms with Gasteiger partial charge < -0.3 is 15.2 Å². The van der Waals surface area contributed by atoms with Crippen molar-refractivity contribution in [3.05, 3.63) is 23.0 Å². The van der Waals surface area contributed by atoms with Gasteiger partial charge in [0, 0.05) is 26.3 Å². The van der Waals surface area contributed by atoms with E-state index < -0.39 is 0 Å². The van der Waals surface area contributed by atoms with E-state index in [1.807, 2.05) is 31.5 Å². The van der Waals surface area contributed by atoms with Crippen molar-refractivity contribution < 1.29 is 4.79 Å². The molecule has 0 aliphatic rings. The van der Waals surface area contributed by atoms with Crippen LogP contribution in [0.5, 0.6) is 0 Å². The molecule has 0 aliphatic heterocycles. The van der Waals surface area contributed by atoms with E-state index in [2.05, 4.69) is 16.7 Å². The number of hydrogen-bond acceptors (Lipinski definition) is 3. The first-order chi connectivity index (χ1) is 8.01. The van der Waals surface area contributed by atoms with Crippen LogP contribution >= 0.6 is 0 Å². The fraction of sp³-hybridized carbons (Fsp3) is 0.500. The predicted octanol–water partition coefficient (Wildman–Crippen LogP) is 0.429. The summed E-state index contributed by atoms with van der Waals surface area (Å²) >= 11 is 0. The van der Waals surface area contributed by atoms with Crippen molar-refractivity contribution >= 4 is 5.91 Å². The number of aromatic nitrogens is 1. The maximum absolute atomic E-state index is 11.3. The minimum Gasteiger partial charge on any atom is -0.358 e. The van der Waals surface area contributed by atoms with Gasteiger partial charge in [-0.2, -0.15) is 5.26 Å². The number of likely N-dealkylation sites (N-methyl/N-ethyl adjacent to an activating group) is 1. The van der Waals surface area contributed by atoms with E-state index in [9.17, 15) is 4.79 Å². The number of amides is 1. The highest BCUT2D eigenvalue weighted by molar-refractivity contribution is 5.80. The van der Waals surface area contributed by atoms with E-state index >= 15 is 0 Å². The van der Waals surface area contributed by atoms with Crippen molar-refractivity contribution in [3.8, 4) is 6.07 Å². The average Bonchev–Trinajstić information content (AvgIpc) is 2.62. The van der Waals surface area contributed by atoms with Gasteiger partial charge in [-0.1, -0.05) is 0 Å². The first kappa shape index (κ1) is 13.3. The number of rotatable bonds is 4. The Labute approximate surface area is 101 Å². The summed E-state index contributed by atoms with van der Waals surface area (Å²) < 4.78 is 1.85. The summed E-state index contributed by atoms with van der Waals surface area (Å²) in [6, 6.07) is 3.73. The number of hydrogen-bond donors (Lipinski definition) is 2. The second-order valence-corrected chi connectivity index (χ2v) is 4.03. The second kappa shape index (κ2) is 5.51. The van der Waals surface area contributed by atoms with Crippen molar-refractivity contribution in [1.29, 1.82) is 5.26 Å². The Morgan fingerprint density at radius 3 is 2.76 bits per heavy atom. The molecule has 5 nitrogen and oxygen atoms in total. The van der Waals surface area contributed by atoms with Crippen LogP contribution in [0, 0.1) is 18.3 Å². The summed E-state index contributed by atoms with van der Waals surface area (Å²) in [7, 11) is 3.47. The van der Waals surface area contributed by atoms with E-state index in [-0.39, 0.29) is 11.9 Å². The maximum atomic E-state index is 11.3. The molecule has 1 aromatic heterocycles. The number of nitrogens with zero attached hydrogens (tertiary/aromatic N) is 2. The molecule has 1 heterocycles. The third-order valence-corrected chi connectivity index (χ3v) is 2.99. The molecule has 92 valence electrons. The van der Waals surface area contributed by atoms with Crippen molar-refractivity contribution in [2.75, 3.05) is 7.05 Å². The molecule has 1 atom stereocenters. The SMILES string of the molecule is CNC(=O)C(C)NCc1cc(C#N)n(C)c1C. The molecule has 1 rings (SSSR count). The first-order valence-electron chi connectivity index (χ1n) is 5.51. The number of nitrogens with one attached hydrogen (secondary N) is 2. The Morgan fingerprint density at radius 2 is 2.29 bits per heavy atom. The van der Waals surface area contributed by atoms with Gasteiger partial charge in [0.05, 0.1) is 6.04 Å². The van der Waals surface area contributed by atoms with Gasteiger partial charge in [-0.15, -0.1) is 0 Å². The zero-order valence-electron chi connectivity index (χ0n) is 10.7. The van der Waals surface area contributed by atoms with Gasteiger partial charge in [-0.25, -0.2) is 0 Å². The summed E-state index contributed by atoms with van der Waals surface area (Å²) in [5.41, 5.74) is 2.71. The summed E-state index contributed by atoms with van der Waals surface area (Å²) in [5.74, 6) is -0.0425. The molecule has 0 aromatic carbocycles. The molecule has 1 amide bonds. The molecule has 5 heteroatoms. The molecule has 0 spiro atoms. The molecule has 0 aliphatic carbocycles. The van der Waals surface area contributed by atoms with Crippen LogP contribution in [0.4, 0.5) is 0 Å². The summed E-state index contributed by atoms with van der Waals surface area (Å²) in [6.07, 6.45) is 0. The second-order valence-electron chi connectivity index (χ2n) is 4.03. The van der Waals surface area contributed by atoms with Crippen LogP contribution in [0.3, 0.4) is 0 Å². The van der Waals surface area contributed by atoms with Crippen LogP contribution in [-0.2, 0) is 18.4 Å². The van der Waals surface area contributed by atoms with Crippen molar-refractivity contribution in [2.45, 2.75) is 26.4 Å². The van der Waals surface area contributed by atoms with Crippen LogP contribution in [0.25, 0.3) is 0 Å². The van der Waals surface area contributed by atoms with Gasteiger partial charge in [0.15, 0.2) is 0 Å². The van der Waals surface area contributed by atoms with Crippen LogP contribution in [0.2, 0.25) is 0 Å². The standard InChI is InChI=1S/C12H18N4O/c1-8(12(17)14-3)15-7-10-5-11(6-13)16(4)9(10)2/h5,8,15H,7H2,1-4H3,(H,14,17). The first-order valence-corrected chi connectivity index (χ1v) is 5.51. The number of carbonyl (C=O) groups excluding carboxylic acids is 1. The molecule has 17 heavy (non-hydrogen) atoms. The van der Waals surface area contributed by atoms with Crippen molar-refractivity contribution in [2.24, 2.45) is 7.05 Å². The Balaban J connectivity index is 2.71. The largest absolute Gasteiger partial charge is 0.358 e. The Bertz CT molecular complexity index is 456. The molecule has 1 aromatic rings. The van der Waals surface area contributed by atoms with Gasteiger partial charge in [-0.3, -0.25) is 4.79 Å². The minimum atomic E-state index is -0.245. The van der Waals surface area contributed by atoms with Crippen LogP contribution in [-0.4, -0.2) is 23.6 Å². The van der Waals surface area contributed by atoms with Gasteiger partial charge in [0.2, 0.25) is 5.91 Å². The van der Waals surface area contributed by atoms with E-state index in [4.69, 9.17) is 5.26 Å². The predicted molar refractivity (Wildman–Crippen MR) is 65.2 cm³/mol. The third kappa shape index (κ3) is 2.86. The zero-order chi connectivity index (χ0) is 13.0. The lowest BCUT2D eigenvalue weighted by molar-refractivity contribution is -0.122. The lowest BCUT2D eigenvalue weighted by atomic mass is 10.2. The van der Waals surface area contributed by atoms with Gasteiger partial charge >= 0.3 is 0 Å². The van der Waals surface area contributed by atoms with Crippen molar-refractivity contribution in [3.63, 3.8) is 0 Å². The lowest BCUT2D eigenvalue weighted by Crippen LogP contribution is -2.40. The molecular weight excluding hydrogens is 216 g/mol. The maximum Gasteiger partial charge on any atom is 0.236 e. The summed E-state index contributed by atoms with van der Waals surface area (Å²) in [5, 5.41) is 14.6. The molecule has 2 N–H and O–H groups in total. The quantitative estimate of drug-likeness (QED) is 0.793. The summed E-state index contributed by atoms with van der Waals surface area (Å²) in [4.78, 5) is 11.3. The highest BCUT2D eigenvalue weighted by Gasteiger charge is 2.12. The van der Waals surface area contributed by atoms with Crippen LogP contribution < -0.4 is 10.6 Å². The smallest absolute Gasteiger partial charge is 0.236 e. The lowest BCUT2D eigenvalue weighted by Gasteiger charge is -2.12. The third-order valence-electron chi connectivity index (χ3n) is 2.99. The molecule has 0 radical (unpaired) electrons. The Hall–Kier alpha value is -1.80. The highest BCUT2D eigenvalue weighted by atomic mass is 16.2. The van der Waals surface area contributed by atoms with E-state index in [0.29, 0.717) is 12.2 Å². The Kier molecular flexibility index (Phi) is 4.30. The Morgan fingerprint density at radius 1 is 1.65 bits per heavy atom. The van der Waals surface area contributed by atoms with E-state index in [0.717, 1.165) is 11.3 Å². The van der Waals surface area contributed by atoms with E-state index in [1.165, 1.54) is 0 Å². The average molecular weight is 234 g/mol. The van der Waals surface area contributed by atoms with Crippen LogP contribution in [0.1, 0.15) is 23.9 Å². The molecule has 0 saturated carbocycles. The zero-order valence-corrected chi connectivity index (χ0v) is 10.7. The number of nitriles is 1. The molecule has 1 unspecified atom stereocenters. The van der Waals surface area contributed by atoms with Gasteiger partial charge in [0.25, 0.3) is 0 Å². The fourth-order valence-corrected chi connectivity index (χ4v) is 1.62. The van der Waals surface area contributed by atoms with Gasteiger partial charge in [0.1, 0.15) is 11.8 Å².